The zero-order chi connectivity index (χ0) is 27.8. The number of amides is 1. The van der Waals surface area contributed by atoms with Crippen molar-refractivity contribution in [1.29, 1.82) is 0 Å². The Kier molecular flexibility index (Phi) is 5.78. The van der Waals surface area contributed by atoms with Crippen LogP contribution in [0.1, 0.15) is 60.1 Å². The molecule has 3 aliphatic heterocycles. The molecule has 0 aliphatic carbocycles. The third-order valence-electron chi connectivity index (χ3n) is 9.31. The average molecular weight is 543 g/mol. The Morgan fingerprint density at radius 3 is 2.73 bits per heavy atom. The number of benzene rings is 2. The number of pyridine rings is 1. The number of aromatic nitrogens is 3. The van der Waals surface area contributed by atoms with Gasteiger partial charge in [-0.1, -0.05) is 13.0 Å². The summed E-state index contributed by atoms with van der Waals surface area (Å²) in [7, 11) is 3.97. The molecule has 2 saturated heterocycles. The van der Waals surface area contributed by atoms with Gasteiger partial charge >= 0.3 is 0 Å². The minimum atomic E-state index is -0.588. The smallest absolute Gasteiger partial charge is 0.257 e. The lowest BCUT2D eigenvalue weighted by Crippen LogP contribution is -2.45. The van der Waals surface area contributed by atoms with Crippen LogP contribution < -0.4 is 10.5 Å². The summed E-state index contributed by atoms with van der Waals surface area (Å²) in [6.45, 7) is 4.80. The number of ether oxygens (including phenoxy) is 1. The van der Waals surface area contributed by atoms with Crippen molar-refractivity contribution >= 4 is 33.5 Å². The largest absolute Gasteiger partial charge is 0.487 e. The topological polar surface area (TPSA) is 89.5 Å². The van der Waals surface area contributed by atoms with Gasteiger partial charge in [0.1, 0.15) is 23.0 Å². The van der Waals surface area contributed by atoms with Gasteiger partial charge in [-0.25, -0.2) is 9.37 Å². The van der Waals surface area contributed by atoms with Crippen molar-refractivity contribution < 1.29 is 13.9 Å². The van der Waals surface area contributed by atoms with Gasteiger partial charge in [0.05, 0.1) is 34.2 Å². The molecule has 5 heterocycles. The second-order valence-electron chi connectivity index (χ2n) is 12.2. The van der Waals surface area contributed by atoms with Crippen LogP contribution in [0.4, 0.5) is 10.2 Å². The molecular weight excluding hydrogens is 507 g/mol. The lowest BCUT2D eigenvalue weighted by Gasteiger charge is -2.39. The van der Waals surface area contributed by atoms with E-state index < -0.39 is 5.82 Å². The normalized spacial score (nSPS) is 22.6. The van der Waals surface area contributed by atoms with E-state index in [0.717, 1.165) is 62.0 Å². The van der Waals surface area contributed by atoms with Gasteiger partial charge in [0.25, 0.3) is 5.91 Å². The number of carbonyl (C=O) groups is 1. The molecule has 9 heteroatoms. The number of piperidine rings is 2. The summed E-state index contributed by atoms with van der Waals surface area (Å²) in [5, 5.41) is 5.66. The Morgan fingerprint density at radius 1 is 1.12 bits per heavy atom. The minimum Gasteiger partial charge on any atom is -0.487 e. The Morgan fingerprint density at radius 2 is 1.93 bits per heavy atom. The monoisotopic (exact) mass is 542 g/mol. The van der Waals surface area contributed by atoms with Crippen LogP contribution in [0.5, 0.6) is 5.75 Å². The highest BCUT2D eigenvalue weighted by Gasteiger charge is 2.42. The number of hydrogen-bond donors (Lipinski definition) is 1. The van der Waals surface area contributed by atoms with Crippen LogP contribution in [0.15, 0.2) is 36.5 Å². The second-order valence-corrected chi connectivity index (χ2v) is 12.2. The van der Waals surface area contributed by atoms with Gasteiger partial charge in [0.15, 0.2) is 0 Å². The molecule has 2 aromatic heterocycles. The number of carbonyl (C=O) groups excluding carboxylic acids is 1. The number of rotatable bonds is 2. The molecule has 8 nitrogen and oxygen atoms in total. The van der Waals surface area contributed by atoms with E-state index >= 15 is 4.39 Å². The third kappa shape index (κ3) is 4.01. The predicted octanol–water partition coefficient (Wildman–Crippen LogP) is 4.86. The van der Waals surface area contributed by atoms with Crippen LogP contribution in [-0.2, 0) is 13.5 Å². The van der Waals surface area contributed by atoms with Gasteiger partial charge in [0, 0.05) is 57.4 Å². The minimum absolute atomic E-state index is 0.0513. The Labute approximate surface area is 232 Å². The van der Waals surface area contributed by atoms with Crippen molar-refractivity contribution in [3.05, 3.63) is 59.0 Å². The molecule has 40 heavy (non-hydrogen) atoms. The van der Waals surface area contributed by atoms with Crippen LogP contribution >= 0.6 is 0 Å². The van der Waals surface area contributed by atoms with E-state index in [9.17, 15) is 4.79 Å². The molecular formula is C31H35FN6O2. The fourth-order valence-electron chi connectivity index (χ4n) is 6.99. The van der Waals surface area contributed by atoms with Crippen molar-refractivity contribution in [1.82, 2.24) is 24.6 Å². The van der Waals surface area contributed by atoms with Crippen LogP contribution in [0.2, 0.25) is 0 Å². The van der Waals surface area contributed by atoms with E-state index in [1.165, 1.54) is 11.6 Å². The van der Waals surface area contributed by atoms with E-state index in [4.69, 9.17) is 10.5 Å². The van der Waals surface area contributed by atoms with Crippen molar-refractivity contribution in [3.8, 4) is 5.75 Å². The molecule has 1 unspecified atom stereocenters. The van der Waals surface area contributed by atoms with Gasteiger partial charge in [0.2, 0.25) is 0 Å². The predicted molar refractivity (Wildman–Crippen MR) is 153 cm³/mol. The maximum absolute atomic E-state index is 15.5. The summed E-state index contributed by atoms with van der Waals surface area (Å²) in [5.41, 5.74) is 9.51. The molecule has 2 N–H and O–H groups in total. The van der Waals surface area contributed by atoms with E-state index in [-0.39, 0.29) is 23.1 Å². The molecule has 4 aromatic rings. The van der Waals surface area contributed by atoms with Crippen LogP contribution in [-0.4, -0.2) is 62.8 Å². The molecule has 3 aliphatic rings. The van der Waals surface area contributed by atoms with Gasteiger partial charge in [-0.3, -0.25) is 9.48 Å². The molecule has 1 amide bonds. The SMILES string of the molecule is C[C@H]1CCC(c2ccc3c(c2)CC2(CCN(C)CC2)O3)N(C(=O)c2cc3c(cc2F)nc(N)c2cnn(C)c23)C1. The molecule has 2 atom stereocenters. The molecule has 0 saturated carbocycles. The molecule has 0 bridgehead atoms. The highest BCUT2D eigenvalue weighted by Crippen LogP contribution is 2.44. The molecule has 2 aromatic carbocycles. The van der Waals surface area contributed by atoms with Crippen LogP contribution in [0, 0.1) is 11.7 Å². The molecule has 7 rings (SSSR count). The fourth-order valence-corrected chi connectivity index (χ4v) is 6.99. The zero-order valence-electron chi connectivity index (χ0n) is 23.3. The first kappa shape index (κ1) is 25.3. The molecule has 2 fully saturated rings. The first-order valence-corrected chi connectivity index (χ1v) is 14.2. The molecule has 0 radical (unpaired) electrons. The number of likely N-dealkylation sites (tertiary alicyclic amines) is 2. The summed E-state index contributed by atoms with van der Waals surface area (Å²) in [6, 6.07) is 9.22. The Hall–Kier alpha value is -3.72. The number of nitrogen functional groups attached to an aromatic ring is 1. The quantitative estimate of drug-likeness (QED) is 0.389. The van der Waals surface area contributed by atoms with E-state index in [1.54, 1.807) is 16.9 Å². The first-order chi connectivity index (χ1) is 19.2. The summed E-state index contributed by atoms with van der Waals surface area (Å²) in [6.07, 6.45) is 6.43. The summed E-state index contributed by atoms with van der Waals surface area (Å²) in [4.78, 5) is 22.7. The van der Waals surface area contributed by atoms with Crippen molar-refractivity contribution in [2.75, 3.05) is 32.4 Å². The van der Waals surface area contributed by atoms with Crippen LogP contribution in [0.25, 0.3) is 21.8 Å². The number of fused-ring (bicyclic) bond motifs is 4. The average Bonchev–Trinajstić information content (AvgIpc) is 3.50. The second kappa shape index (κ2) is 9.16. The van der Waals surface area contributed by atoms with Crippen molar-refractivity contribution in [2.24, 2.45) is 13.0 Å². The molecule has 208 valence electrons. The number of aryl methyl sites for hydroxylation is 1. The van der Waals surface area contributed by atoms with Crippen molar-refractivity contribution in [3.63, 3.8) is 0 Å². The number of halogens is 1. The number of nitrogens with zero attached hydrogens (tertiary/aromatic N) is 5. The maximum atomic E-state index is 15.5. The zero-order valence-corrected chi connectivity index (χ0v) is 23.3. The number of anilines is 1. The highest BCUT2D eigenvalue weighted by atomic mass is 19.1. The summed E-state index contributed by atoms with van der Waals surface area (Å²) in [5.74, 6) is 0.694. The fraction of sp³-hybridized carbons (Fsp3) is 0.452. The summed E-state index contributed by atoms with van der Waals surface area (Å²) >= 11 is 0. The van der Waals surface area contributed by atoms with Gasteiger partial charge in [-0.15, -0.1) is 0 Å². The van der Waals surface area contributed by atoms with Gasteiger partial charge in [-0.05, 0) is 55.1 Å². The Bertz CT molecular complexity index is 1660. The standard InChI is InChI=1S/C31H35FN6O2/c1-18-4-6-26(19-5-7-27-20(12-19)15-31(40-27)8-10-36(2)11-9-31)38(17-18)30(39)21-13-22-25(14-24(21)32)35-29(33)23-16-34-37(3)28(22)23/h5,7,12-14,16,18,26H,4,6,8-11,15,17H2,1-3H3,(H2,33,35)/t18-,26?/m0/s1. The van der Waals surface area contributed by atoms with E-state index in [0.29, 0.717) is 34.6 Å². The number of nitrogens with two attached hydrogens (primary N) is 1. The van der Waals surface area contributed by atoms with Gasteiger partial charge in [-0.2, -0.15) is 5.10 Å². The highest BCUT2D eigenvalue weighted by molar-refractivity contribution is 6.10. The Balaban J connectivity index is 1.24. The van der Waals surface area contributed by atoms with Crippen molar-refractivity contribution in [2.45, 2.75) is 50.7 Å². The first-order valence-electron chi connectivity index (χ1n) is 14.2. The maximum Gasteiger partial charge on any atom is 0.257 e. The lowest BCUT2D eigenvalue weighted by atomic mass is 9.85. The van der Waals surface area contributed by atoms with E-state index in [1.807, 2.05) is 11.9 Å². The van der Waals surface area contributed by atoms with E-state index in [2.05, 4.69) is 47.2 Å². The lowest BCUT2D eigenvalue weighted by molar-refractivity contribution is 0.0271. The molecule has 1 spiro atoms. The van der Waals surface area contributed by atoms with Gasteiger partial charge < -0.3 is 20.3 Å². The number of hydrogen-bond acceptors (Lipinski definition) is 6. The third-order valence-corrected chi connectivity index (χ3v) is 9.31. The van der Waals surface area contributed by atoms with Crippen LogP contribution in [0.3, 0.4) is 0 Å². The summed E-state index contributed by atoms with van der Waals surface area (Å²) < 4.78 is 23.8.